The SMILES string of the molecule is CSCCC(C)NCc1cn[nH]c1-c1cccnc1. The van der Waals surface area contributed by atoms with Crippen LogP contribution >= 0.6 is 11.8 Å². The Labute approximate surface area is 118 Å². The number of hydrogen-bond acceptors (Lipinski definition) is 4. The molecule has 0 amide bonds. The van der Waals surface area contributed by atoms with Crippen LogP contribution in [0.15, 0.2) is 30.7 Å². The van der Waals surface area contributed by atoms with Crippen LogP contribution in [0.2, 0.25) is 0 Å². The van der Waals surface area contributed by atoms with E-state index in [2.05, 4.69) is 33.7 Å². The smallest absolute Gasteiger partial charge is 0.0710 e. The van der Waals surface area contributed by atoms with E-state index in [1.165, 1.54) is 17.7 Å². The molecule has 19 heavy (non-hydrogen) atoms. The second kappa shape index (κ2) is 7.31. The van der Waals surface area contributed by atoms with Crippen LogP contribution in [-0.4, -0.2) is 33.2 Å². The lowest BCUT2D eigenvalue weighted by atomic mass is 10.1. The maximum Gasteiger partial charge on any atom is 0.0710 e. The molecule has 1 unspecified atom stereocenters. The van der Waals surface area contributed by atoms with Gasteiger partial charge < -0.3 is 5.32 Å². The molecule has 0 aliphatic heterocycles. The predicted octanol–water partition coefficient (Wildman–Crippen LogP) is 2.70. The number of nitrogens with zero attached hydrogens (tertiary/aromatic N) is 2. The van der Waals surface area contributed by atoms with Crippen molar-refractivity contribution in [2.24, 2.45) is 0 Å². The normalized spacial score (nSPS) is 12.5. The van der Waals surface area contributed by atoms with Crippen molar-refractivity contribution in [1.82, 2.24) is 20.5 Å². The molecule has 0 bridgehead atoms. The maximum absolute atomic E-state index is 4.15. The van der Waals surface area contributed by atoms with Crippen molar-refractivity contribution in [1.29, 1.82) is 0 Å². The quantitative estimate of drug-likeness (QED) is 0.816. The number of H-pyrrole nitrogens is 1. The monoisotopic (exact) mass is 276 g/mol. The van der Waals surface area contributed by atoms with Gasteiger partial charge in [0.05, 0.1) is 11.9 Å². The highest BCUT2D eigenvalue weighted by molar-refractivity contribution is 7.98. The molecule has 1 atom stereocenters. The molecule has 102 valence electrons. The minimum atomic E-state index is 0.518. The molecule has 0 saturated heterocycles. The van der Waals surface area contributed by atoms with Crippen LogP contribution in [-0.2, 0) is 6.54 Å². The summed E-state index contributed by atoms with van der Waals surface area (Å²) in [5.41, 5.74) is 3.32. The van der Waals surface area contributed by atoms with Gasteiger partial charge in [-0.25, -0.2) is 0 Å². The second-order valence-electron chi connectivity index (χ2n) is 4.58. The molecule has 2 aromatic rings. The molecule has 0 aliphatic carbocycles. The van der Waals surface area contributed by atoms with Gasteiger partial charge >= 0.3 is 0 Å². The summed E-state index contributed by atoms with van der Waals surface area (Å²) in [7, 11) is 0. The summed E-state index contributed by atoms with van der Waals surface area (Å²) in [6.45, 7) is 3.05. The zero-order valence-electron chi connectivity index (χ0n) is 11.4. The Hall–Kier alpha value is -1.33. The van der Waals surface area contributed by atoms with Gasteiger partial charge in [0, 0.05) is 36.1 Å². The minimum Gasteiger partial charge on any atom is -0.310 e. The fourth-order valence-corrected chi connectivity index (χ4v) is 2.48. The maximum atomic E-state index is 4.15. The van der Waals surface area contributed by atoms with Crippen molar-refractivity contribution in [3.8, 4) is 11.3 Å². The van der Waals surface area contributed by atoms with E-state index in [1.54, 1.807) is 6.20 Å². The molecular weight excluding hydrogens is 256 g/mol. The van der Waals surface area contributed by atoms with Gasteiger partial charge in [-0.1, -0.05) is 0 Å². The first-order valence-corrected chi connectivity index (χ1v) is 7.85. The van der Waals surface area contributed by atoms with Crippen molar-refractivity contribution in [3.05, 3.63) is 36.3 Å². The van der Waals surface area contributed by atoms with E-state index in [0.717, 1.165) is 17.8 Å². The Balaban J connectivity index is 1.97. The molecule has 0 aliphatic rings. The topological polar surface area (TPSA) is 53.6 Å². The van der Waals surface area contributed by atoms with Gasteiger partial charge in [0.1, 0.15) is 0 Å². The summed E-state index contributed by atoms with van der Waals surface area (Å²) >= 11 is 1.89. The first-order valence-electron chi connectivity index (χ1n) is 6.46. The van der Waals surface area contributed by atoms with Crippen LogP contribution in [0.1, 0.15) is 18.9 Å². The Morgan fingerprint density at radius 2 is 2.32 bits per heavy atom. The van der Waals surface area contributed by atoms with Crippen LogP contribution in [0.4, 0.5) is 0 Å². The Kier molecular flexibility index (Phi) is 5.42. The summed E-state index contributed by atoms with van der Waals surface area (Å²) in [5, 5.41) is 10.7. The van der Waals surface area contributed by atoms with Crippen LogP contribution in [0, 0.1) is 0 Å². The van der Waals surface area contributed by atoms with E-state index in [-0.39, 0.29) is 0 Å². The summed E-state index contributed by atoms with van der Waals surface area (Å²) in [5.74, 6) is 1.19. The molecular formula is C14H20N4S. The molecule has 0 spiro atoms. The summed E-state index contributed by atoms with van der Waals surface area (Å²) in [6.07, 6.45) is 8.84. The Morgan fingerprint density at radius 1 is 1.42 bits per heavy atom. The van der Waals surface area contributed by atoms with Crippen LogP contribution in [0.3, 0.4) is 0 Å². The zero-order valence-corrected chi connectivity index (χ0v) is 12.2. The Bertz CT molecular complexity index is 483. The summed E-state index contributed by atoms with van der Waals surface area (Å²) in [6, 6.07) is 4.50. The molecule has 0 aromatic carbocycles. The van der Waals surface area contributed by atoms with Gasteiger partial charge in [0.2, 0.25) is 0 Å². The van der Waals surface area contributed by atoms with Gasteiger partial charge in [-0.3, -0.25) is 10.1 Å². The number of pyridine rings is 1. The van der Waals surface area contributed by atoms with Crippen molar-refractivity contribution in [3.63, 3.8) is 0 Å². The first-order chi connectivity index (χ1) is 9.31. The summed E-state index contributed by atoms with van der Waals surface area (Å²) < 4.78 is 0. The highest BCUT2D eigenvalue weighted by atomic mass is 32.2. The Morgan fingerprint density at radius 3 is 3.05 bits per heavy atom. The van der Waals surface area contributed by atoms with E-state index in [9.17, 15) is 0 Å². The number of nitrogens with one attached hydrogen (secondary N) is 2. The van der Waals surface area contributed by atoms with E-state index in [0.29, 0.717) is 6.04 Å². The standard InChI is InChI=1S/C14H20N4S/c1-11(5-7-19-2)16-9-13-10-17-18-14(13)12-4-3-6-15-8-12/h3-4,6,8,10-11,16H,5,7,9H2,1-2H3,(H,17,18). The second-order valence-corrected chi connectivity index (χ2v) is 5.56. The van der Waals surface area contributed by atoms with E-state index in [4.69, 9.17) is 0 Å². The van der Waals surface area contributed by atoms with Crippen LogP contribution in [0.5, 0.6) is 0 Å². The molecule has 4 nitrogen and oxygen atoms in total. The van der Waals surface area contributed by atoms with Crippen molar-refractivity contribution in [2.45, 2.75) is 25.9 Å². The number of rotatable bonds is 7. The minimum absolute atomic E-state index is 0.518. The highest BCUT2D eigenvalue weighted by Crippen LogP contribution is 2.19. The third kappa shape index (κ3) is 4.08. The van der Waals surface area contributed by atoms with Crippen LogP contribution < -0.4 is 5.32 Å². The van der Waals surface area contributed by atoms with E-state index < -0.39 is 0 Å². The fourth-order valence-electron chi connectivity index (χ4n) is 1.89. The number of aromatic amines is 1. The summed E-state index contributed by atoms with van der Waals surface area (Å²) in [4.78, 5) is 4.15. The third-order valence-corrected chi connectivity index (χ3v) is 3.71. The van der Waals surface area contributed by atoms with Crippen molar-refractivity contribution >= 4 is 11.8 Å². The molecule has 2 rings (SSSR count). The molecule has 0 radical (unpaired) electrons. The average molecular weight is 276 g/mol. The lowest BCUT2D eigenvalue weighted by Crippen LogP contribution is -2.26. The molecule has 2 N–H and O–H groups in total. The number of hydrogen-bond donors (Lipinski definition) is 2. The third-order valence-electron chi connectivity index (χ3n) is 3.06. The van der Waals surface area contributed by atoms with E-state index in [1.807, 2.05) is 36.3 Å². The number of thioether (sulfide) groups is 1. The van der Waals surface area contributed by atoms with Gasteiger partial charge in [-0.15, -0.1) is 0 Å². The average Bonchev–Trinajstić information content (AvgIpc) is 2.92. The largest absolute Gasteiger partial charge is 0.310 e. The van der Waals surface area contributed by atoms with Gasteiger partial charge in [-0.05, 0) is 37.5 Å². The first kappa shape index (κ1) is 14.1. The van der Waals surface area contributed by atoms with Crippen LogP contribution in [0.25, 0.3) is 11.3 Å². The van der Waals surface area contributed by atoms with E-state index >= 15 is 0 Å². The molecule has 0 fully saturated rings. The lowest BCUT2D eigenvalue weighted by Gasteiger charge is -2.13. The molecule has 0 saturated carbocycles. The lowest BCUT2D eigenvalue weighted by molar-refractivity contribution is 0.538. The molecule has 5 heteroatoms. The molecule has 2 aromatic heterocycles. The van der Waals surface area contributed by atoms with Gasteiger partial charge in [0.15, 0.2) is 0 Å². The van der Waals surface area contributed by atoms with Crippen molar-refractivity contribution in [2.75, 3.05) is 12.0 Å². The molecule has 2 heterocycles. The number of aromatic nitrogens is 3. The van der Waals surface area contributed by atoms with Gasteiger partial charge in [0.25, 0.3) is 0 Å². The zero-order chi connectivity index (χ0) is 13.5. The fraction of sp³-hybridized carbons (Fsp3) is 0.429. The highest BCUT2D eigenvalue weighted by Gasteiger charge is 2.08. The van der Waals surface area contributed by atoms with Gasteiger partial charge in [-0.2, -0.15) is 16.9 Å². The predicted molar refractivity (Wildman–Crippen MR) is 81.1 cm³/mol. The van der Waals surface area contributed by atoms with Crippen molar-refractivity contribution < 1.29 is 0 Å².